The molecule has 0 spiro atoms. The Morgan fingerprint density at radius 2 is 2.00 bits per heavy atom. The number of nitrogens with zero attached hydrogens (tertiary/aromatic N) is 1. The normalized spacial score (nSPS) is 16.6. The number of piperidine rings is 1. The lowest BCUT2D eigenvalue weighted by atomic mass is 9.96. The zero-order valence-corrected chi connectivity index (χ0v) is 13.4. The van der Waals surface area contributed by atoms with E-state index in [1.807, 2.05) is 12.1 Å². The van der Waals surface area contributed by atoms with Gasteiger partial charge in [0.2, 0.25) is 5.91 Å². The number of primary amides is 1. The van der Waals surface area contributed by atoms with Gasteiger partial charge in [0, 0.05) is 12.5 Å². The maximum atomic E-state index is 11.1. The fourth-order valence-electron chi connectivity index (χ4n) is 2.84. The Labute approximate surface area is 132 Å². The summed E-state index contributed by atoms with van der Waals surface area (Å²) in [5.41, 5.74) is 6.62. The molecule has 1 aromatic rings. The Kier molecular flexibility index (Phi) is 6.68. The van der Waals surface area contributed by atoms with Gasteiger partial charge in [-0.25, -0.2) is 0 Å². The zero-order valence-electron chi connectivity index (χ0n) is 13.4. The number of carbonyl (C=O) groups excluding carboxylic acids is 1. The van der Waals surface area contributed by atoms with E-state index in [-0.39, 0.29) is 11.8 Å². The predicted octanol–water partition coefficient (Wildman–Crippen LogP) is 1.37. The van der Waals surface area contributed by atoms with Crippen LogP contribution in [0.2, 0.25) is 0 Å². The van der Waals surface area contributed by atoms with Gasteiger partial charge in [-0.05, 0) is 63.1 Å². The van der Waals surface area contributed by atoms with E-state index in [0.717, 1.165) is 57.7 Å². The molecule has 1 aromatic carbocycles. The second-order valence-corrected chi connectivity index (χ2v) is 5.90. The number of likely N-dealkylation sites (tertiary alicyclic amines) is 1. The number of ether oxygens (including phenoxy) is 1. The van der Waals surface area contributed by atoms with Crippen molar-refractivity contribution in [3.8, 4) is 5.75 Å². The molecular weight excluding hydrogens is 278 g/mol. The fraction of sp³-hybridized carbons (Fsp3) is 0.588. The van der Waals surface area contributed by atoms with Gasteiger partial charge in [-0.2, -0.15) is 0 Å². The van der Waals surface area contributed by atoms with Crippen molar-refractivity contribution < 1.29 is 9.53 Å². The molecule has 3 N–H and O–H groups in total. The molecule has 0 saturated carbocycles. The maximum Gasteiger partial charge on any atom is 0.220 e. The molecule has 1 amide bonds. The predicted molar refractivity (Wildman–Crippen MR) is 87.7 cm³/mol. The number of hydrogen-bond acceptors (Lipinski definition) is 4. The number of nitrogens with one attached hydrogen (secondary N) is 1. The van der Waals surface area contributed by atoms with E-state index in [1.54, 1.807) is 7.11 Å². The standard InChI is InChI=1S/C17H27N3O2/c1-22-16-5-3-14(4-6-16)13-19-9-2-10-20-11-7-15(8-12-20)17(18)21/h3-6,15,19H,2,7-13H2,1H3,(H2,18,21). The van der Waals surface area contributed by atoms with Gasteiger partial charge >= 0.3 is 0 Å². The minimum absolute atomic E-state index is 0.0875. The van der Waals surface area contributed by atoms with Gasteiger partial charge < -0.3 is 20.7 Å². The Morgan fingerprint density at radius 1 is 1.32 bits per heavy atom. The van der Waals surface area contributed by atoms with Crippen LogP contribution in [0.5, 0.6) is 5.75 Å². The number of benzene rings is 1. The smallest absolute Gasteiger partial charge is 0.220 e. The molecule has 0 radical (unpaired) electrons. The minimum Gasteiger partial charge on any atom is -0.497 e. The molecule has 5 heteroatoms. The van der Waals surface area contributed by atoms with Crippen LogP contribution in [0.15, 0.2) is 24.3 Å². The van der Waals surface area contributed by atoms with Crippen molar-refractivity contribution in [2.45, 2.75) is 25.8 Å². The van der Waals surface area contributed by atoms with Gasteiger partial charge in [0.25, 0.3) is 0 Å². The highest BCUT2D eigenvalue weighted by molar-refractivity contribution is 5.76. The first-order valence-corrected chi connectivity index (χ1v) is 8.04. The van der Waals surface area contributed by atoms with Crippen LogP contribution in [-0.4, -0.2) is 44.1 Å². The third-order valence-electron chi connectivity index (χ3n) is 4.31. The molecule has 0 bridgehead atoms. The summed E-state index contributed by atoms with van der Waals surface area (Å²) in [5, 5.41) is 3.46. The monoisotopic (exact) mass is 305 g/mol. The summed E-state index contributed by atoms with van der Waals surface area (Å²) >= 11 is 0. The number of amides is 1. The van der Waals surface area contributed by atoms with Crippen LogP contribution in [-0.2, 0) is 11.3 Å². The van der Waals surface area contributed by atoms with E-state index in [4.69, 9.17) is 10.5 Å². The second-order valence-electron chi connectivity index (χ2n) is 5.90. The largest absolute Gasteiger partial charge is 0.497 e. The summed E-state index contributed by atoms with van der Waals surface area (Å²) in [6, 6.07) is 8.14. The highest BCUT2D eigenvalue weighted by Crippen LogP contribution is 2.16. The quantitative estimate of drug-likeness (QED) is 0.712. The van der Waals surface area contributed by atoms with Crippen molar-refractivity contribution in [1.82, 2.24) is 10.2 Å². The summed E-state index contributed by atoms with van der Waals surface area (Å²) in [6.07, 6.45) is 2.95. The van der Waals surface area contributed by atoms with Crippen LogP contribution < -0.4 is 15.8 Å². The fourth-order valence-corrected chi connectivity index (χ4v) is 2.84. The van der Waals surface area contributed by atoms with Crippen LogP contribution in [0.1, 0.15) is 24.8 Å². The van der Waals surface area contributed by atoms with Crippen LogP contribution in [0, 0.1) is 5.92 Å². The molecule has 5 nitrogen and oxygen atoms in total. The van der Waals surface area contributed by atoms with Crippen LogP contribution in [0.3, 0.4) is 0 Å². The summed E-state index contributed by atoms with van der Waals surface area (Å²) < 4.78 is 5.15. The summed E-state index contributed by atoms with van der Waals surface area (Å²) in [4.78, 5) is 13.5. The molecule has 122 valence electrons. The maximum absolute atomic E-state index is 11.1. The van der Waals surface area contributed by atoms with E-state index < -0.39 is 0 Å². The Hall–Kier alpha value is -1.59. The van der Waals surface area contributed by atoms with Crippen molar-refractivity contribution >= 4 is 5.91 Å². The first-order chi connectivity index (χ1) is 10.7. The molecular formula is C17H27N3O2. The van der Waals surface area contributed by atoms with E-state index >= 15 is 0 Å². The van der Waals surface area contributed by atoms with Gasteiger partial charge in [0.05, 0.1) is 7.11 Å². The number of methoxy groups -OCH3 is 1. The lowest BCUT2D eigenvalue weighted by Gasteiger charge is -2.30. The van der Waals surface area contributed by atoms with E-state index in [9.17, 15) is 4.79 Å². The number of carbonyl (C=O) groups is 1. The molecule has 0 unspecified atom stereocenters. The van der Waals surface area contributed by atoms with Crippen molar-refractivity contribution in [1.29, 1.82) is 0 Å². The van der Waals surface area contributed by atoms with Gasteiger partial charge in [-0.3, -0.25) is 4.79 Å². The summed E-state index contributed by atoms with van der Waals surface area (Å²) in [7, 11) is 1.68. The Balaban J connectivity index is 1.55. The average molecular weight is 305 g/mol. The van der Waals surface area contributed by atoms with Crippen molar-refractivity contribution in [2.75, 3.05) is 33.3 Å². The first kappa shape index (κ1) is 16.8. The average Bonchev–Trinajstić information content (AvgIpc) is 2.55. The number of nitrogens with two attached hydrogens (primary N) is 1. The molecule has 1 heterocycles. The van der Waals surface area contributed by atoms with Gasteiger partial charge in [-0.15, -0.1) is 0 Å². The number of rotatable bonds is 8. The topological polar surface area (TPSA) is 67.6 Å². The van der Waals surface area contributed by atoms with E-state index in [1.165, 1.54) is 5.56 Å². The van der Waals surface area contributed by atoms with Crippen LogP contribution >= 0.6 is 0 Å². The molecule has 1 fully saturated rings. The van der Waals surface area contributed by atoms with E-state index in [2.05, 4.69) is 22.3 Å². The SMILES string of the molecule is COc1ccc(CNCCCN2CCC(C(N)=O)CC2)cc1. The highest BCUT2D eigenvalue weighted by Gasteiger charge is 2.22. The van der Waals surface area contributed by atoms with Crippen LogP contribution in [0.4, 0.5) is 0 Å². The van der Waals surface area contributed by atoms with Crippen molar-refractivity contribution in [3.63, 3.8) is 0 Å². The Morgan fingerprint density at radius 3 is 2.59 bits per heavy atom. The molecule has 1 aliphatic rings. The zero-order chi connectivity index (χ0) is 15.8. The second kappa shape index (κ2) is 8.76. The molecule has 0 atom stereocenters. The van der Waals surface area contributed by atoms with Gasteiger partial charge in [0.1, 0.15) is 5.75 Å². The molecule has 1 aliphatic heterocycles. The van der Waals surface area contributed by atoms with Crippen molar-refractivity contribution in [2.24, 2.45) is 11.7 Å². The van der Waals surface area contributed by atoms with Crippen molar-refractivity contribution in [3.05, 3.63) is 29.8 Å². The molecule has 0 aliphatic carbocycles. The number of hydrogen-bond donors (Lipinski definition) is 2. The third-order valence-corrected chi connectivity index (χ3v) is 4.31. The third kappa shape index (κ3) is 5.31. The minimum atomic E-state index is -0.138. The highest BCUT2D eigenvalue weighted by atomic mass is 16.5. The molecule has 0 aromatic heterocycles. The Bertz CT molecular complexity index is 453. The lowest BCUT2D eigenvalue weighted by Crippen LogP contribution is -2.39. The van der Waals surface area contributed by atoms with E-state index in [0.29, 0.717) is 0 Å². The molecule has 2 rings (SSSR count). The van der Waals surface area contributed by atoms with Gasteiger partial charge in [0.15, 0.2) is 0 Å². The summed E-state index contributed by atoms with van der Waals surface area (Å²) in [5.74, 6) is 0.841. The molecule has 22 heavy (non-hydrogen) atoms. The van der Waals surface area contributed by atoms with Crippen LogP contribution in [0.25, 0.3) is 0 Å². The summed E-state index contributed by atoms with van der Waals surface area (Å²) in [6.45, 7) is 4.95. The lowest BCUT2D eigenvalue weighted by molar-refractivity contribution is -0.123. The molecule has 1 saturated heterocycles. The van der Waals surface area contributed by atoms with Gasteiger partial charge in [-0.1, -0.05) is 12.1 Å². The first-order valence-electron chi connectivity index (χ1n) is 8.04.